The lowest BCUT2D eigenvalue weighted by atomic mass is 10.0. The zero-order chi connectivity index (χ0) is 22.4. The molecule has 0 saturated carbocycles. The van der Waals surface area contributed by atoms with Crippen molar-refractivity contribution in [1.82, 2.24) is 0 Å². The van der Waals surface area contributed by atoms with E-state index in [0.717, 1.165) is 18.6 Å². The number of anilines is 1. The van der Waals surface area contributed by atoms with Crippen molar-refractivity contribution in [2.75, 3.05) is 32.2 Å². The van der Waals surface area contributed by atoms with Gasteiger partial charge in [-0.15, -0.1) is 0 Å². The van der Waals surface area contributed by atoms with E-state index in [4.69, 9.17) is 19.9 Å². The molecule has 5 nitrogen and oxygen atoms in total. The van der Waals surface area contributed by atoms with E-state index in [9.17, 15) is 4.79 Å². The van der Waals surface area contributed by atoms with E-state index >= 15 is 0 Å². The first-order chi connectivity index (χ1) is 15.2. The molecule has 1 aromatic rings. The van der Waals surface area contributed by atoms with Gasteiger partial charge in [-0.2, -0.15) is 0 Å². The molecular formula is C26H45NO4. The summed E-state index contributed by atoms with van der Waals surface area (Å²) in [6.07, 6.45) is 17.5. The molecule has 1 aromatic carbocycles. The van der Waals surface area contributed by atoms with Crippen LogP contribution in [0.15, 0.2) is 24.3 Å². The molecule has 0 amide bonds. The lowest BCUT2D eigenvalue weighted by Gasteiger charge is -2.08. The van der Waals surface area contributed by atoms with E-state index in [1.165, 1.54) is 70.6 Å². The Morgan fingerprint density at radius 2 is 1.23 bits per heavy atom. The zero-order valence-electron chi connectivity index (χ0n) is 19.7. The van der Waals surface area contributed by atoms with Crippen molar-refractivity contribution >= 4 is 11.7 Å². The van der Waals surface area contributed by atoms with Crippen LogP contribution in [-0.2, 0) is 14.3 Å². The second-order valence-electron chi connectivity index (χ2n) is 8.24. The summed E-state index contributed by atoms with van der Waals surface area (Å²) in [5.74, 6) is 0.645. The van der Waals surface area contributed by atoms with Crippen LogP contribution in [0.5, 0.6) is 5.75 Å². The first kappa shape index (κ1) is 27.3. The maximum atomic E-state index is 11.7. The molecule has 0 fully saturated rings. The number of hydrogen-bond donors (Lipinski definition) is 1. The van der Waals surface area contributed by atoms with Gasteiger partial charge in [0.15, 0.2) is 0 Å². The van der Waals surface area contributed by atoms with Crippen molar-refractivity contribution in [3.63, 3.8) is 0 Å². The minimum absolute atomic E-state index is 0.121. The third-order valence-electron chi connectivity index (χ3n) is 5.35. The van der Waals surface area contributed by atoms with Crippen LogP contribution in [-0.4, -0.2) is 32.4 Å². The molecule has 0 aliphatic rings. The second kappa shape index (κ2) is 20.2. The monoisotopic (exact) mass is 435 g/mol. The molecule has 0 aliphatic carbocycles. The maximum absolute atomic E-state index is 11.7. The Morgan fingerprint density at radius 1 is 0.710 bits per heavy atom. The van der Waals surface area contributed by atoms with Gasteiger partial charge in [0.05, 0.1) is 13.2 Å². The molecule has 0 heterocycles. The van der Waals surface area contributed by atoms with Crippen molar-refractivity contribution in [1.29, 1.82) is 0 Å². The van der Waals surface area contributed by atoms with Gasteiger partial charge >= 0.3 is 5.97 Å². The third-order valence-corrected chi connectivity index (χ3v) is 5.35. The number of nitrogens with two attached hydrogens (primary N) is 1. The Kier molecular flexibility index (Phi) is 17.8. The number of rotatable bonds is 21. The van der Waals surface area contributed by atoms with Crippen molar-refractivity contribution in [3.05, 3.63) is 24.3 Å². The number of ether oxygens (including phenoxy) is 3. The Bertz CT molecular complexity index is 533. The minimum Gasteiger partial charge on any atom is -0.491 e. The molecule has 178 valence electrons. The molecule has 0 radical (unpaired) electrons. The number of esters is 1. The number of hydrogen-bond acceptors (Lipinski definition) is 5. The van der Waals surface area contributed by atoms with Gasteiger partial charge in [0.25, 0.3) is 0 Å². The van der Waals surface area contributed by atoms with Crippen molar-refractivity contribution in [2.45, 2.75) is 96.8 Å². The molecule has 0 unspecified atom stereocenters. The summed E-state index contributed by atoms with van der Waals surface area (Å²) >= 11 is 0. The molecule has 0 aromatic heterocycles. The van der Waals surface area contributed by atoms with Crippen LogP contribution in [0.2, 0.25) is 0 Å². The zero-order valence-corrected chi connectivity index (χ0v) is 19.7. The van der Waals surface area contributed by atoms with Gasteiger partial charge in [0.1, 0.15) is 19.0 Å². The standard InChI is InChI=1S/C26H45NO4/c1-2-3-4-5-6-7-8-9-10-11-12-13-14-15-26(28)31-23-21-29-20-22-30-25-18-16-24(27)17-19-25/h16-19H,2-15,20-23,27H2,1H3. The van der Waals surface area contributed by atoms with Crippen LogP contribution < -0.4 is 10.5 Å². The van der Waals surface area contributed by atoms with Gasteiger partial charge < -0.3 is 19.9 Å². The summed E-state index contributed by atoms with van der Waals surface area (Å²) in [6, 6.07) is 7.25. The lowest BCUT2D eigenvalue weighted by molar-refractivity contribution is -0.145. The fraction of sp³-hybridized carbons (Fsp3) is 0.731. The highest BCUT2D eigenvalue weighted by Gasteiger charge is 2.03. The molecule has 1 rings (SSSR count). The van der Waals surface area contributed by atoms with Gasteiger partial charge in [-0.1, -0.05) is 84.0 Å². The highest BCUT2D eigenvalue weighted by atomic mass is 16.6. The third kappa shape index (κ3) is 17.6. The van der Waals surface area contributed by atoms with E-state index in [-0.39, 0.29) is 5.97 Å². The molecule has 0 saturated heterocycles. The first-order valence-corrected chi connectivity index (χ1v) is 12.4. The quantitative estimate of drug-likeness (QED) is 0.132. The Balaban J connectivity index is 1.77. The largest absolute Gasteiger partial charge is 0.491 e. The summed E-state index contributed by atoms with van der Waals surface area (Å²) in [5, 5.41) is 0. The molecule has 5 heteroatoms. The van der Waals surface area contributed by atoms with Gasteiger partial charge in [0, 0.05) is 12.1 Å². The van der Waals surface area contributed by atoms with E-state index in [2.05, 4.69) is 6.92 Å². The normalized spacial score (nSPS) is 10.9. The van der Waals surface area contributed by atoms with E-state index in [1.807, 2.05) is 12.1 Å². The van der Waals surface area contributed by atoms with E-state index in [1.54, 1.807) is 12.1 Å². The summed E-state index contributed by atoms with van der Waals surface area (Å²) in [4.78, 5) is 11.7. The SMILES string of the molecule is CCCCCCCCCCCCCCCC(=O)OCCOCCOc1ccc(N)cc1. The van der Waals surface area contributed by atoms with Crippen molar-refractivity contribution < 1.29 is 19.0 Å². The molecular weight excluding hydrogens is 390 g/mol. The number of unbranched alkanes of at least 4 members (excludes halogenated alkanes) is 12. The van der Waals surface area contributed by atoms with Crippen LogP contribution in [0.4, 0.5) is 5.69 Å². The fourth-order valence-corrected chi connectivity index (χ4v) is 3.46. The Hall–Kier alpha value is -1.75. The molecule has 2 N–H and O–H groups in total. The van der Waals surface area contributed by atoms with Crippen LogP contribution in [0.25, 0.3) is 0 Å². The smallest absolute Gasteiger partial charge is 0.305 e. The summed E-state index contributed by atoms with van der Waals surface area (Å²) < 4.78 is 16.2. The fourth-order valence-electron chi connectivity index (χ4n) is 3.46. The molecule has 0 aliphatic heterocycles. The highest BCUT2D eigenvalue weighted by molar-refractivity contribution is 5.69. The van der Waals surface area contributed by atoms with Gasteiger partial charge in [-0.25, -0.2) is 0 Å². The average molecular weight is 436 g/mol. The average Bonchev–Trinajstić information content (AvgIpc) is 2.77. The van der Waals surface area contributed by atoms with Gasteiger partial charge in [0.2, 0.25) is 0 Å². The predicted octanol–water partition coefficient (Wildman–Crippen LogP) is 6.69. The Labute approximate surface area is 190 Å². The second-order valence-corrected chi connectivity index (χ2v) is 8.24. The molecule has 0 bridgehead atoms. The van der Waals surface area contributed by atoms with E-state index in [0.29, 0.717) is 38.5 Å². The van der Waals surface area contributed by atoms with Crippen LogP contribution >= 0.6 is 0 Å². The number of carbonyl (C=O) groups is 1. The number of benzene rings is 1. The van der Waals surface area contributed by atoms with E-state index < -0.39 is 0 Å². The number of carbonyl (C=O) groups excluding carboxylic acids is 1. The topological polar surface area (TPSA) is 70.8 Å². The first-order valence-electron chi connectivity index (χ1n) is 12.4. The summed E-state index contributed by atoms with van der Waals surface area (Å²) in [6.45, 7) is 3.88. The maximum Gasteiger partial charge on any atom is 0.305 e. The molecule has 0 atom stereocenters. The van der Waals surface area contributed by atoms with Gasteiger partial charge in [-0.3, -0.25) is 4.79 Å². The molecule has 0 spiro atoms. The lowest BCUT2D eigenvalue weighted by Crippen LogP contribution is -2.13. The van der Waals surface area contributed by atoms with Crippen molar-refractivity contribution in [3.8, 4) is 5.75 Å². The molecule has 31 heavy (non-hydrogen) atoms. The highest BCUT2D eigenvalue weighted by Crippen LogP contribution is 2.14. The van der Waals surface area contributed by atoms with Crippen LogP contribution in [0.1, 0.15) is 96.8 Å². The predicted molar refractivity (Wildman–Crippen MR) is 128 cm³/mol. The van der Waals surface area contributed by atoms with Gasteiger partial charge in [-0.05, 0) is 30.7 Å². The summed E-state index contributed by atoms with van der Waals surface area (Å²) in [5.41, 5.74) is 6.34. The van der Waals surface area contributed by atoms with Crippen LogP contribution in [0.3, 0.4) is 0 Å². The van der Waals surface area contributed by atoms with Crippen LogP contribution in [0, 0.1) is 0 Å². The summed E-state index contributed by atoms with van der Waals surface area (Å²) in [7, 11) is 0. The number of nitrogen functional groups attached to an aromatic ring is 1. The van der Waals surface area contributed by atoms with Crippen molar-refractivity contribution in [2.24, 2.45) is 0 Å². The minimum atomic E-state index is -0.121. The Morgan fingerprint density at radius 3 is 1.81 bits per heavy atom.